The minimum Gasteiger partial charge on any atom is -0.466 e. The molecule has 1 amide bonds. The molecule has 0 rings (SSSR count). The Hall–Kier alpha value is -1.66. The molecule has 0 spiro atoms. The highest BCUT2D eigenvalue weighted by Gasteiger charge is 2.20. The number of ether oxygens (including phenoxy) is 1. The lowest BCUT2D eigenvalue weighted by Gasteiger charge is -2.22. The van der Waals surface area contributed by atoms with Crippen molar-refractivity contribution in [2.45, 2.75) is 398 Å². The van der Waals surface area contributed by atoms with Crippen molar-refractivity contribution in [1.82, 2.24) is 5.32 Å². The Bertz CT molecular complexity index is 1190. The number of aliphatic hydroxyl groups is 2. The number of hydrogen-bond acceptors (Lipinski definition) is 5. The predicted octanol–water partition coefficient (Wildman–Crippen LogP) is 22.1. The SMILES string of the molecule is CCCCCCCCCCCCCCC(=O)OCCCCCCCCCCCCCCC/C=C\C/C=C\CCCCCCCCCCCCCCCCCCCC(=O)NC(CO)C(O)CCCCCCCCCCCC. The van der Waals surface area contributed by atoms with Gasteiger partial charge in [-0.3, -0.25) is 9.59 Å². The van der Waals surface area contributed by atoms with Crippen molar-refractivity contribution >= 4 is 11.9 Å². The third kappa shape index (κ3) is 61.6. The maximum absolute atomic E-state index is 12.4. The summed E-state index contributed by atoms with van der Waals surface area (Å²) in [4.78, 5) is 24.5. The number of rotatable bonds is 65. The summed E-state index contributed by atoms with van der Waals surface area (Å²) in [6.07, 6.45) is 82.5. The van der Waals surface area contributed by atoms with Gasteiger partial charge in [0.1, 0.15) is 0 Å². The summed E-state index contributed by atoms with van der Waals surface area (Å²) >= 11 is 0. The Morgan fingerprint density at radius 3 is 1.00 bits per heavy atom. The van der Waals surface area contributed by atoms with Crippen molar-refractivity contribution in [2.75, 3.05) is 13.2 Å². The van der Waals surface area contributed by atoms with Gasteiger partial charge >= 0.3 is 5.97 Å². The minimum atomic E-state index is -0.660. The van der Waals surface area contributed by atoms with Crippen molar-refractivity contribution in [3.8, 4) is 0 Å². The number of carbonyl (C=O) groups is 2. The first-order chi connectivity index (χ1) is 37.5. The molecule has 0 fully saturated rings. The smallest absolute Gasteiger partial charge is 0.305 e. The average Bonchev–Trinajstić information content (AvgIpc) is 3.42. The van der Waals surface area contributed by atoms with Gasteiger partial charge in [-0.25, -0.2) is 0 Å². The molecule has 0 aromatic rings. The maximum Gasteiger partial charge on any atom is 0.305 e. The predicted molar refractivity (Wildman–Crippen MR) is 333 cm³/mol. The van der Waals surface area contributed by atoms with E-state index in [0.717, 1.165) is 44.9 Å². The van der Waals surface area contributed by atoms with E-state index in [1.54, 1.807) is 0 Å². The molecule has 0 bridgehead atoms. The highest BCUT2D eigenvalue weighted by atomic mass is 16.5. The van der Waals surface area contributed by atoms with Gasteiger partial charge in [-0.2, -0.15) is 0 Å². The molecule has 0 aliphatic rings. The Balaban J connectivity index is 3.33. The molecule has 0 aliphatic heterocycles. The van der Waals surface area contributed by atoms with E-state index in [2.05, 4.69) is 43.5 Å². The summed E-state index contributed by atoms with van der Waals surface area (Å²) in [5.41, 5.74) is 0. The second-order valence-corrected chi connectivity index (χ2v) is 23.9. The van der Waals surface area contributed by atoms with Crippen LogP contribution in [0.25, 0.3) is 0 Å². The molecule has 0 aromatic carbocycles. The first-order valence-corrected chi connectivity index (χ1v) is 34.6. The molecular formula is C70H135NO5. The lowest BCUT2D eigenvalue weighted by Crippen LogP contribution is -2.45. The fourth-order valence-electron chi connectivity index (χ4n) is 11.0. The normalized spacial score (nSPS) is 12.6. The van der Waals surface area contributed by atoms with Gasteiger partial charge in [-0.15, -0.1) is 0 Å². The number of nitrogens with one attached hydrogen (secondary N) is 1. The number of hydrogen-bond donors (Lipinski definition) is 3. The lowest BCUT2D eigenvalue weighted by atomic mass is 10.0. The van der Waals surface area contributed by atoms with Crippen LogP contribution in [-0.4, -0.2) is 47.4 Å². The first kappa shape index (κ1) is 74.3. The molecule has 6 nitrogen and oxygen atoms in total. The highest BCUT2D eigenvalue weighted by Crippen LogP contribution is 2.19. The van der Waals surface area contributed by atoms with Crippen LogP contribution in [-0.2, 0) is 14.3 Å². The molecule has 0 heterocycles. The highest BCUT2D eigenvalue weighted by molar-refractivity contribution is 5.76. The van der Waals surface area contributed by atoms with Crippen molar-refractivity contribution in [1.29, 1.82) is 0 Å². The summed E-state index contributed by atoms with van der Waals surface area (Å²) in [6.45, 7) is 4.96. The van der Waals surface area contributed by atoms with Gasteiger partial charge in [-0.05, 0) is 57.8 Å². The van der Waals surface area contributed by atoms with Gasteiger partial charge in [0.2, 0.25) is 5.91 Å². The van der Waals surface area contributed by atoms with Gasteiger partial charge in [0.05, 0.1) is 25.4 Å². The van der Waals surface area contributed by atoms with Gasteiger partial charge in [0, 0.05) is 12.8 Å². The number of carbonyl (C=O) groups excluding carboxylic acids is 2. The molecule has 0 aromatic heterocycles. The number of esters is 1. The molecule has 0 aliphatic carbocycles. The molecule has 0 radical (unpaired) electrons. The third-order valence-electron chi connectivity index (χ3n) is 16.3. The Morgan fingerprint density at radius 1 is 0.368 bits per heavy atom. The van der Waals surface area contributed by atoms with Crippen LogP contribution in [0.2, 0.25) is 0 Å². The molecule has 0 saturated heterocycles. The third-order valence-corrected chi connectivity index (χ3v) is 16.3. The molecule has 2 atom stereocenters. The van der Waals surface area contributed by atoms with Crippen LogP contribution in [0.4, 0.5) is 0 Å². The number of aliphatic hydroxyl groups excluding tert-OH is 2. The lowest BCUT2D eigenvalue weighted by molar-refractivity contribution is -0.143. The van der Waals surface area contributed by atoms with Crippen LogP contribution < -0.4 is 5.32 Å². The standard InChI is InChI=1S/C70H135NO5/c1-3-5-7-9-11-13-15-44-48-52-56-60-64-70(75)76-65-61-57-53-49-45-42-40-38-36-34-32-30-28-26-24-22-20-18-16-17-19-21-23-25-27-29-31-33-35-37-39-41-43-47-51-55-59-63-69(74)71-67(66-72)68(73)62-58-54-50-46-14-12-10-8-6-4-2/h16,18,22,24,67-68,72-73H,3-15,17,19-21,23,25-66H2,1-2H3,(H,71,74)/b18-16-,24-22-. The van der Waals surface area contributed by atoms with Gasteiger partial charge in [-0.1, -0.05) is 340 Å². The van der Waals surface area contributed by atoms with Crippen LogP contribution in [0.1, 0.15) is 386 Å². The summed E-state index contributed by atoms with van der Waals surface area (Å²) in [5, 5.41) is 23.2. The summed E-state index contributed by atoms with van der Waals surface area (Å²) in [7, 11) is 0. The van der Waals surface area contributed by atoms with E-state index in [1.807, 2.05) is 0 Å². The molecule has 450 valence electrons. The van der Waals surface area contributed by atoms with E-state index in [9.17, 15) is 19.8 Å². The maximum atomic E-state index is 12.4. The topological polar surface area (TPSA) is 95.9 Å². The Morgan fingerprint density at radius 2 is 0.658 bits per heavy atom. The zero-order chi connectivity index (χ0) is 55.0. The van der Waals surface area contributed by atoms with Gasteiger partial charge in [0.15, 0.2) is 0 Å². The average molecular weight is 1070 g/mol. The van der Waals surface area contributed by atoms with Gasteiger partial charge in [0.25, 0.3) is 0 Å². The minimum absolute atomic E-state index is 0.0198. The number of allylic oxidation sites excluding steroid dienone is 4. The molecule has 2 unspecified atom stereocenters. The van der Waals surface area contributed by atoms with Crippen molar-refractivity contribution in [2.24, 2.45) is 0 Å². The van der Waals surface area contributed by atoms with E-state index in [4.69, 9.17) is 4.74 Å². The molecule has 6 heteroatoms. The second-order valence-electron chi connectivity index (χ2n) is 23.9. The van der Waals surface area contributed by atoms with E-state index in [0.29, 0.717) is 25.9 Å². The van der Waals surface area contributed by atoms with Crippen LogP contribution in [0.15, 0.2) is 24.3 Å². The Kier molecular flexibility index (Phi) is 64.4. The zero-order valence-electron chi connectivity index (χ0n) is 51.5. The van der Waals surface area contributed by atoms with E-state index in [-0.39, 0.29) is 18.5 Å². The summed E-state index contributed by atoms with van der Waals surface area (Å²) in [6, 6.07) is -0.537. The summed E-state index contributed by atoms with van der Waals surface area (Å²) < 4.78 is 5.48. The molecule has 3 N–H and O–H groups in total. The molecule has 76 heavy (non-hydrogen) atoms. The number of amides is 1. The van der Waals surface area contributed by atoms with Crippen LogP contribution >= 0.6 is 0 Å². The fourth-order valence-corrected chi connectivity index (χ4v) is 11.0. The Labute approximate surface area is 475 Å². The molecular weight excluding hydrogens is 935 g/mol. The van der Waals surface area contributed by atoms with Crippen LogP contribution in [0, 0.1) is 0 Å². The quantitative estimate of drug-likeness (QED) is 0.0320. The van der Waals surface area contributed by atoms with Crippen molar-refractivity contribution < 1.29 is 24.5 Å². The van der Waals surface area contributed by atoms with Gasteiger partial charge < -0.3 is 20.3 Å². The molecule has 0 saturated carbocycles. The largest absolute Gasteiger partial charge is 0.466 e. The van der Waals surface area contributed by atoms with Crippen molar-refractivity contribution in [3.05, 3.63) is 24.3 Å². The van der Waals surface area contributed by atoms with Crippen molar-refractivity contribution in [3.63, 3.8) is 0 Å². The number of unbranched alkanes of at least 4 members (excludes halogenated alkanes) is 50. The van der Waals surface area contributed by atoms with Crippen LogP contribution in [0.5, 0.6) is 0 Å². The second kappa shape index (κ2) is 65.9. The van der Waals surface area contributed by atoms with E-state index < -0.39 is 12.1 Å². The monoisotopic (exact) mass is 1070 g/mol. The van der Waals surface area contributed by atoms with Crippen LogP contribution in [0.3, 0.4) is 0 Å². The fraction of sp³-hybridized carbons (Fsp3) is 0.914. The summed E-state index contributed by atoms with van der Waals surface area (Å²) in [5.74, 6) is -0.0123. The zero-order valence-corrected chi connectivity index (χ0v) is 51.5. The van der Waals surface area contributed by atoms with E-state index >= 15 is 0 Å². The van der Waals surface area contributed by atoms with E-state index in [1.165, 1.54) is 308 Å². The first-order valence-electron chi connectivity index (χ1n) is 34.6.